The molecule has 0 heterocycles. The minimum Gasteiger partial charge on any atom is -0.330 e. The minimum atomic E-state index is 0.878. The Morgan fingerprint density at radius 1 is 1.07 bits per heavy atom. The molecule has 1 aliphatic carbocycles. The van der Waals surface area contributed by atoms with Gasteiger partial charge >= 0.3 is 0 Å². The van der Waals surface area contributed by atoms with Crippen molar-refractivity contribution in [3.63, 3.8) is 0 Å². The van der Waals surface area contributed by atoms with Gasteiger partial charge in [-0.3, -0.25) is 0 Å². The summed E-state index contributed by atoms with van der Waals surface area (Å²) in [6.07, 6.45) is 11.4. The van der Waals surface area contributed by atoms with Crippen molar-refractivity contribution in [3.8, 4) is 0 Å². The molecule has 15 heavy (non-hydrogen) atoms. The summed E-state index contributed by atoms with van der Waals surface area (Å²) in [6.45, 7) is 5.54. The van der Waals surface area contributed by atoms with Crippen molar-refractivity contribution in [2.24, 2.45) is 23.5 Å². The van der Waals surface area contributed by atoms with Crippen LogP contribution in [-0.2, 0) is 0 Å². The molecule has 0 saturated heterocycles. The van der Waals surface area contributed by atoms with Crippen molar-refractivity contribution in [3.05, 3.63) is 0 Å². The molecule has 1 rings (SSSR count). The molecule has 0 amide bonds. The standard InChI is InChI=1S/C14H29N/c1-3-12-5-7-14(8-6-12)11-13(4-2)9-10-15/h12-14H,3-11,15H2,1-2H3. The highest BCUT2D eigenvalue weighted by atomic mass is 14.5. The fraction of sp³-hybridized carbons (Fsp3) is 1.00. The van der Waals surface area contributed by atoms with Gasteiger partial charge in [-0.25, -0.2) is 0 Å². The van der Waals surface area contributed by atoms with Gasteiger partial charge in [-0.2, -0.15) is 0 Å². The van der Waals surface area contributed by atoms with E-state index in [0.717, 1.165) is 24.3 Å². The Hall–Kier alpha value is -0.0400. The lowest BCUT2D eigenvalue weighted by Crippen LogP contribution is -2.18. The molecule has 1 saturated carbocycles. The van der Waals surface area contributed by atoms with Crippen molar-refractivity contribution in [2.75, 3.05) is 6.54 Å². The third-order valence-corrected chi connectivity index (χ3v) is 4.36. The molecular weight excluding hydrogens is 182 g/mol. The summed E-state index contributed by atoms with van der Waals surface area (Å²) in [6, 6.07) is 0. The SMILES string of the molecule is CCC1CCC(CC(CC)CCN)CC1. The highest BCUT2D eigenvalue weighted by molar-refractivity contribution is 4.74. The first kappa shape index (κ1) is 13.0. The zero-order chi connectivity index (χ0) is 11.1. The van der Waals surface area contributed by atoms with E-state index in [0.29, 0.717) is 0 Å². The van der Waals surface area contributed by atoms with E-state index in [9.17, 15) is 0 Å². The van der Waals surface area contributed by atoms with Crippen molar-refractivity contribution in [2.45, 2.75) is 65.2 Å². The second-order valence-electron chi connectivity index (χ2n) is 5.38. The van der Waals surface area contributed by atoms with Gasteiger partial charge in [-0.05, 0) is 37.1 Å². The number of nitrogens with two attached hydrogens (primary N) is 1. The first-order valence-corrected chi connectivity index (χ1v) is 7.00. The van der Waals surface area contributed by atoms with E-state index in [1.807, 2.05) is 0 Å². The summed E-state index contributed by atoms with van der Waals surface area (Å²) in [5, 5.41) is 0. The molecule has 0 aromatic rings. The summed E-state index contributed by atoms with van der Waals surface area (Å²) in [4.78, 5) is 0. The predicted octanol–water partition coefficient (Wildman–Crippen LogP) is 3.97. The maximum Gasteiger partial charge on any atom is -0.00746 e. The third kappa shape index (κ3) is 4.55. The predicted molar refractivity (Wildman–Crippen MR) is 67.8 cm³/mol. The molecule has 1 aliphatic rings. The molecule has 0 aromatic carbocycles. The van der Waals surface area contributed by atoms with E-state index in [2.05, 4.69) is 13.8 Å². The quantitative estimate of drug-likeness (QED) is 0.707. The van der Waals surface area contributed by atoms with Crippen LogP contribution in [0, 0.1) is 17.8 Å². The normalized spacial score (nSPS) is 29.0. The Bertz CT molecular complexity index is 147. The molecule has 0 spiro atoms. The van der Waals surface area contributed by atoms with Crippen LogP contribution in [0.15, 0.2) is 0 Å². The van der Waals surface area contributed by atoms with Crippen molar-refractivity contribution in [1.29, 1.82) is 0 Å². The summed E-state index contributed by atoms with van der Waals surface area (Å²) in [7, 11) is 0. The first-order chi connectivity index (χ1) is 7.30. The van der Waals surface area contributed by atoms with E-state index in [1.165, 1.54) is 51.4 Å². The van der Waals surface area contributed by atoms with Gasteiger partial charge in [0.25, 0.3) is 0 Å². The Kier molecular flexibility index (Phi) is 6.31. The van der Waals surface area contributed by atoms with E-state index in [-0.39, 0.29) is 0 Å². The van der Waals surface area contributed by atoms with Crippen molar-refractivity contribution in [1.82, 2.24) is 0 Å². The van der Waals surface area contributed by atoms with E-state index < -0.39 is 0 Å². The molecule has 1 fully saturated rings. The van der Waals surface area contributed by atoms with Crippen LogP contribution >= 0.6 is 0 Å². The van der Waals surface area contributed by atoms with E-state index >= 15 is 0 Å². The zero-order valence-electron chi connectivity index (χ0n) is 10.7. The van der Waals surface area contributed by atoms with Crippen molar-refractivity contribution < 1.29 is 0 Å². The maximum absolute atomic E-state index is 5.65. The average molecular weight is 211 g/mol. The fourth-order valence-electron chi connectivity index (χ4n) is 3.07. The molecule has 0 radical (unpaired) electrons. The van der Waals surface area contributed by atoms with Crippen LogP contribution in [0.4, 0.5) is 0 Å². The van der Waals surface area contributed by atoms with Gasteiger partial charge in [-0.1, -0.05) is 52.4 Å². The average Bonchev–Trinajstić information content (AvgIpc) is 2.29. The highest BCUT2D eigenvalue weighted by Gasteiger charge is 2.21. The highest BCUT2D eigenvalue weighted by Crippen LogP contribution is 2.35. The summed E-state index contributed by atoms with van der Waals surface area (Å²) in [5.41, 5.74) is 5.65. The van der Waals surface area contributed by atoms with Crippen LogP contribution in [-0.4, -0.2) is 6.54 Å². The van der Waals surface area contributed by atoms with Gasteiger partial charge in [0.05, 0.1) is 0 Å². The molecule has 1 unspecified atom stereocenters. The largest absolute Gasteiger partial charge is 0.330 e. The molecule has 0 bridgehead atoms. The summed E-state index contributed by atoms with van der Waals surface area (Å²) < 4.78 is 0. The molecular formula is C14H29N. The third-order valence-electron chi connectivity index (χ3n) is 4.36. The molecule has 0 aromatic heterocycles. The minimum absolute atomic E-state index is 0.878. The number of hydrogen-bond donors (Lipinski definition) is 1. The molecule has 1 atom stereocenters. The summed E-state index contributed by atoms with van der Waals surface area (Å²) >= 11 is 0. The van der Waals surface area contributed by atoms with Crippen LogP contribution in [0.1, 0.15) is 65.2 Å². The molecule has 90 valence electrons. The van der Waals surface area contributed by atoms with E-state index in [1.54, 1.807) is 0 Å². The molecule has 1 heteroatoms. The molecule has 2 N–H and O–H groups in total. The molecule has 1 nitrogen and oxygen atoms in total. The van der Waals surface area contributed by atoms with Crippen LogP contribution in [0.3, 0.4) is 0 Å². The lowest BCUT2D eigenvalue weighted by atomic mass is 9.76. The fourth-order valence-corrected chi connectivity index (χ4v) is 3.07. The van der Waals surface area contributed by atoms with Gasteiger partial charge < -0.3 is 5.73 Å². The second-order valence-corrected chi connectivity index (χ2v) is 5.38. The monoisotopic (exact) mass is 211 g/mol. The van der Waals surface area contributed by atoms with Crippen LogP contribution < -0.4 is 5.73 Å². The topological polar surface area (TPSA) is 26.0 Å². The lowest BCUT2D eigenvalue weighted by molar-refractivity contribution is 0.226. The summed E-state index contributed by atoms with van der Waals surface area (Å²) in [5.74, 6) is 2.96. The second kappa shape index (κ2) is 7.27. The van der Waals surface area contributed by atoms with Crippen molar-refractivity contribution >= 4 is 0 Å². The Morgan fingerprint density at radius 2 is 1.67 bits per heavy atom. The number of rotatable bonds is 6. The van der Waals surface area contributed by atoms with Crippen LogP contribution in [0.25, 0.3) is 0 Å². The Balaban J connectivity index is 2.21. The van der Waals surface area contributed by atoms with Gasteiger partial charge in [0.15, 0.2) is 0 Å². The van der Waals surface area contributed by atoms with Gasteiger partial charge in [-0.15, -0.1) is 0 Å². The number of hydrogen-bond acceptors (Lipinski definition) is 1. The van der Waals surface area contributed by atoms with Gasteiger partial charge in [0.1, 0.15) is 0 Å². The first-order valence-electron chi connectivity index (χ1n) is 7.00. The Morgan fingerprint density at radius 3 is 2.13 bits per heavy atom. The smallest absolute Gasteiger partial charge is 0.00746 e. The van der Waals surface area contributed by atoms with Crippen LogP contribution in [0.5, 0.6) is 0 Å². The van der Waals surface area contributed by atoms with Crippen LogP contribution in [0.2, 0.25) is 0 Å². The Labute approximate surface area is 95.8 Å². The van der Waals surface area contributed by atoms with Gasteiger partial charge in [0, 0.05) is 0 Å². The zero-order valence-corrected chi connectivity index (χ0v) is 10.7. The lowest BCUT2D eigenvalue weighted by Gasteiger charge is -2.30. The molecule has 0 aliphatic heterocycles. The van der Waals surface area contributed by atoms with E-state index in [4.69, 9.17) is 5.73 Å². The van der Waals surface area contributed by atoms with Gasteiger partial charge in [0.2, 0.25) is 0 Å². The maximum atomic E-state index is 5.65.